The lowest BCUT2D eigenvalue weighted by Crippen LogP contribution is -2.48. The van der Waals surface area contributed by atoms with Gasteiger partial charge >= 0.3 is 0 Å². The van der Waals surface area contributed by atoms with Gasteiger partial charge in [0.25, 0.3) is 5.24 Å². The number of aliphatic hydroxyl groups excluding tert-OH is 1. The summed E-state index contributed by atoms with van der Waals surface area (Å²) in [5, 5.41) is 11.3. The van der Waals surface area contributed by atoms with Gasteiger partial charge in [-0.05, 0) is 6.92 Å². The Bertz CT molecular complexity index is 247. The minimum atomic E-state index is -0.438. The van der Waals surface area contributed by atoms with Crippen molar-refractivity contribution in [3.63, 3.8) is 0 Å². The highest BCUT2D eigenvalue weighted by Gasteiger charge is 2.31. The largest absolute Gasteiger partial charge is 0.394 e. The minimum absolute atomic E-state index is 0.0734. The van der Waals surface area contributed by atoms with Gasteiger partial charge in [-0.15, -0.1) is 0 Å². The topological polar surface area (TPSA) is 69.6 Å². The third kappa shape index (κ3) is 2.39. The molecule has 1 aliphatic heterocycles. The molecule has 0 radical (unpaired) electrons. The highest BCUT2D eigenvalue weighted by molar-refractivity contribution is 8.14. The van der Waals surface area contributed by atoms with Gasteiger partial charge in [-0.1, -0.05) is 11.8 Å². The van der Waals surface area contributed by atoms with Crippen LogP contribution in [0.1, 0.15) is 6.92 Å². The molecule has 0 aromatic carbocycles. The molecular formula is C8H14N2O3S. The minimum Gasteiger partial charge on any atom is -0.394 e. The molecule has 1 fully saturated rings. The van der Waals surface area contributed by atoms with E-state index < -0.39 is 6.04 Å². The second-order valence-corrected chi connectivity index (χ2v) is 4.27. The summed E-state index contributed by atoms with van der Waals surface area (Å²) in [5.41, 5.74) is 0. The number of carbonyl (C=O) groups excluding carboxylic acids is 2. The van der Waals surface area contributed by atoms with E-state index in [4.69, 9.17) is 5.11 Å². The summed E-state index contributed by atoms with van der Waals surface area (Å²) in [6.45, 7) is 1.68. The molecule has 1 saturated heterocycles. The predicted octanol–water partition coefficient (Wildman–Crippen LogP) is -0.349. The molecule has 14 heavy (non-hydrogen) atoms. The van der Waals surface area contributed by atoms with Crippen molar-refractivity contribution in [2.75, 3.05) is 19.4 Å². The molecule has 0 saturated carbocycles. The predicted molar refractivity (Wildman–Crippen MR) is 54.1 cm³/mol. The third-order valence-corrected chi connectivity index (χ3v) is 3.12. The van der Waals surface area contributed by atoms with Crippen LogP contribution in [0.15, 0.2) is 0 Å². The van der Waals surface area contributed by atoms with Crippen LogP contribution in [0.3, 0.4) is 0 Å². The number of likely N-dealkylation sites (N-methyl/N-ethyl adjacent to an activating group) is 1. The first-order chi connectivity index (χ1) is 6.56. The summed E-state index contributed by atoms with van der Waals surface area (Å²) in [6, 6.07) is -0.656. The summed E-state index contributed by atoms with van der Waals surface area (Å²) < 4.78 is 0. The van der Waals surface area contributed by atoms with Gasteiger partial charge in [0, 0.05) is 12.8 Å². The Balaban J connectivity index is 2.52. The van der Waals surface area contributed by atoms with Crippen LogP contribution in [-0.2, 0) is 4.79 Å². The zero-order chi connectivity index (χ0) is 10.7. The highest BCUT2D eigenvalue weighted by atomic mass is 32.2. The molecule has 2 unspecified atom stereocenters. The van der Waals surface area contributed by atoms with E-state index in [0.29, 0.717) is 5.75 Å². The van der Waals surface area contributed by atoms with Crippen LogP contribution < -0.4 is 5.32 Å². The Labute approximate surface area is 86.8 Å². The van der Waals surface area contributed by atoms with Gasteiger partial charge in [-0.3, -0.25) is 9.59 Å². The van der Waals surface area contributed by atoms with E-state index in [1.54, 1.807) is 14.0 Å². The average Bonchev–Trinajstić information content (AvgIpc) is 2.61. The van der Waals surface area contributed by atoms with Crippen molar-refractivity contribution in [1.82, 2.24) is 10.2 Å². The van der Waals surface area contributed by atoms with Gasteiger partial charge in [0.05, 0.1) is 12.6 Å². The molecule has 80 valence electrons. The molecule has 0 bridgehead atoms. The standard InChI is InChI=1S/C8H14N2O3S/c1-5(3-11)10(2)7(12)6-4-14-8(13)9-6/h5-6,11H,3-4H2,1-2H3,(H,9,13). The highest BCUT2D eigenvalue weighted by Crippen LogP contribution is 2.15. The first-order valence-corrected chi connectivity index (χ1v) is 5.35. The van der Waals surface area contributed by atoms with Crippen molar-refractivity contribution < 1.29 is 14.7 Å². The molecule has 1 rings (SSSR count). The molecule has 1 heterocycles. The average molecular weight is 218 g/mol. The van der Waals surface area contributed by atoms with Crippen LogP contribution in [0.25, 0.3) is 0 Å². The Kier molecular flexibility index (Phi) is 3.77. The lowest BCUT2D eigenvalue weighted by molar-refractivity contribution is -0.133. The van der Waals surface area contributed by atoms with Crippen molar-refractivity contribution in [1.29, 1.82) is 0 Å². The molecular weight excluding hydrogens is 204 g/mol. The van der Waals surface area contributed by atoms with Crippen LogP contribution in [0.2, 0.25) is 0 Å². The Morgan fingerprint density at radius 2 is 2.50 bits per heavy atom. The number of thioether (sulfide) groups is 1. The maximum atomic E-state index is 11.7. The Hall–Kier alpha value is -0.750. The molecule has 0 aliphatic carbocycles. The Morgan fingerprint density at radius 1 is 1.86 bits per heavy atom. The molecule has 0 aromatic rings. The summed E-state index contributed by atoms with van der Waals surface area (Å²) in [5.74, 6) is 0.324. The third-order valence-electron chi connectivity index (χ3n) is 2.24. The summed E-state index contributed by atoms with van der Waals surface area (Å²) in [6.07, 6.45) is 0. The van der Waals surface area contributed by atoms with Crippen LogP contribution in [0.4, 0.5) is 4.79 Å². The SMILES string of the molecule is CC(CO)N(C)C(=O)C1CSC(=O)N1. The van der Waals surface area contributed by atoms with Gasteiger partial charge < -0.3 is 15.3 Å². The second-order valence-electron chi connectivity index (χ2n) is 3.28. The molecule has 2 atom stereocenters. The number of carbonyl (C=O) groups is 2. The van der Waals surface area contributed by atoms with Crippen LogP contribution >= 0.6 is 11.8 Å². The number of hydrogen-bond acceptors (Lipinski definition) is 4. The van der Waals surface area contributed by atoms with Crippen molar-refractivity contribution in [2.45, 2.75) is 19.0 Å². The number of aliphatic hydroxyl groups is 1. The fourth-order valence-corrected chi connectivity index (χ4v) is 1.87. The molecule has 5 nitrogen and oxygen atoms in total. The summed E-state index contributed by atoms with van der Waals surface area (Å²) in [4.78, 5) is 24.0. The van der Waals surface area contributed by atoms with E-state index in [1.165, 1.54) is 4.90 Å². The lowest BCUT2D eigenvalue weighted by atomic mass is 10.2. The lowest BCUT2D eigenvalue weighted by Gasteiger charge is -2.25. The molecule has 0 aromatic heterocycles. The first kappa shape index (κ1) is 11.3. The molecule has 1 aliphatic rings. The van der Waals surface area contributed by atoms with Crippen LogP contribution in [0, 0.1) is 0 Å². The first-order valence-electron chi connectivity index (χ1n) is 4.37. The smallest absolute Gasteiger partial charge is 0.279 e. The van der Waals surface area contributed by atoms with E-state index >= 15 is 0 Å². The number of amides is 2. The van der Waals surface area contributed by atoms with Crippen LogP contribution in [-0.4, -0.2) is 52.6 Å². The van der Waals surface area contributed by atoms with Crippen molar-refractivity contribution >= 4 is 22.9 Å². The maximum absolute atomic E-state index is 11.7. The van der Waals surface area contributed by atoms with E-state index in [9.17, 15) is 9.59 Å². The fourth-order valence-electron chi connectivity index (χ4n) is 1.10. The Morgan fingerprint density at radius 3 is 2.93 bits per heavy atom. The van der Waals surface area contributed by atoms with E-state index in [0.717, 1.165) is 11.8 Å². The van der Waals surface area contributed by atoms with Crippen LogP contribution in [0.5, 0.6) is 0 Å². The van der Waals surface area contributed by atoms with Crippen molar-refractivity contribution in [3.8, 4) is 0 Å². The zero-order valence-electron chi connectivity index (χ0n) is 8.19. The molecule has 2 amide bonds. The van der Waals surface area contributed by atoms with Gasteiger partial charge in [0.1, 0.15) is 6.04 Å². The molecule has 2 N–H and O–H groups in total. The summed E-state index contributed by atoms with van der Waals surface area (Å²) >= 11 is 1.11. The number of nitrogens with zero attached hydrogens (tertiary/aromatic N) is 1. The van der Waals surface area contributed by atoms with Crippen molar-refractivity contribution in [3.05, 3.63) is 0 Å². The van der Waals surface area contributed by atoms with Gasteiger partial charge in [0.2, 0.25) is 5.91 Å². The molecule has 6 heteroatoms. The van der Waals surface area contributed by atoms with Crippen molar-refractivity contribution in [2.24, 2.45) is 0 Å². The number of rotatable bonds is 3. The normalized spacial score (nSPS) is 23.1. The quantitative estimate of drug-likeness (QED) is 0.679. The second kappa shape index (κ2) is 4.65. The zero-order valence-corrected chi connectivity index (χ0v) is 9.00. The van der Waals surface area contributed by atoms with Gasteiger partial charge in [-0.25, -0.2) is 0 Å². The van der Waals surface area contributed by atoms with Gasteiger partial charge in [0.15, 0.2) is 0 Å². The van der Waals surface area contributed by atoms with Gasteiger partial charge in [-0.2, -0.15) is 0 Å². The molecule has 0 spiro atoms. The monoisotopic (exact) mass is 218 g/mol. The summed E-state index contributed by atoms with van der Waals surface area (Å²) in [7, 11) is 1.62. The fraction of sp³-hybridized carbons (Fsp3) is 0.750. The maximum Gasteiger partial charge on any atom is 0.279 e. The van der Waals surface area contributed by atoms with E-state index in [-0.39, 0.29) is 23.8 Å². The number of nitrogens with one attached hydrogen (secondary N) is 1. The van der Waals surface area contributed by atoms with E-state index in [2.05, 4.69) is 5.32 Å². The van der Waals surface area contributed by atoms with E-state index in [1.807, 2.05) is 0 Å². The number of hydrogen-bond donors (Lipinski definition) is 2.